The molecule has 0 radical (unpaired) electrons. The van der Waals surface area contributed by atoms with Crippen LogP contribution in [0, 0.1) is 6.92 Å². The third kappa shape index (κ3) is 4.37. The van der Waals surface area contributed by atoms with Gasteiger partial charge in [-0.1, -0.05) is 29.8 Å². The molecule has 0 bridgehead atoms. The number of ether oxygens (including phenoxy) is 2. The minimum atomic E-state index is -0.402. The Morgan fingerprint density at radius 2 is 1.60 bits per heavy atom. The Hall–Kier alpha value is -2.77. The summed E-state index contributed by atoms with van der Waals surface area (Å²) in [6, 6.07) is 12.5. The quantitative estimate of drug-likeness (QED) is 0.614. The van der Waals surface area contributed by atoms with Crippen LogP contribution < -0.4 is 14.4 Å². The number of thioether (sulfide) groups is 1. The van der Waals surface area contributed by atoms with Crippen LogP contribution in [0.3, 0.4) is 0 Å². The number of nitrogens with zero attached hydrogens (tertiary/aromatic N) is 1. The van der Waals surface area contributed by atoms with Gasteiger partial charge in [-0.05, 0) is 38.5 Å². The fraction of sp³-hybridized carbons (Fsp3) is 0.304. The number of rotatable bonds is 9. The molecular weight excluding hydrogens is 402 g/mol. The molecule has 1 aliphatic heterocycles. The van der Waals surface area contributed by atoms with Gasteiger partial charge in [-0.15, -0.1) is 11.8 Å². The SMILES string of the molecule is CCOc1ccc(N2C(=O)C(SCCO)=C(c3ccc(C)cc3)C2=O)cc1OCC. The first-order valence-electron chi connectivity index (χ1n) is 9.85. The number of carbonyl (C=O) groups is 2. The summed E-state index contributed by atoms with van der Waals surface area (Å²) >= 11 is 1.19. The minimum Gasteiger partial charge on any atom is -0.490 e. The number of hydrogen-bond acceptors (Lipinski definition) is 6. The van der Waals surface area contributed by atoms with Gasteiger partial charge in [0.15, 0.2) is 11.5 Å². The normalized spacial score (nSPS) is 13.9. The van der Waals surface area contributed by atoms with Crippen molar-refractivity contribution in [3.63, 3.8) is 0 Å². The fourth-order valence-electron chi connectivity index (χ4n) is 3.18. The van der Waals surface area contributed by atoms with E-state index in [2.05, 4.69) is 0 Å². The van der Waals surface area contributed by atoms with E-state index in [9.17, 15) is 14.7 Å². The van der Waals surface area contributed by atoms with Crippen LogP contribution in [-0.4, -0.2) is 42.5 Å². The van der Waals surface area contributed by atoms with Crippen molar-refractivity contribution in [3.05, 3.63) is 58.5 Å². The topological polar surface area (TPSA) is 76.1 Å². The highest BCUT2D eigenvalue weighted by atomic mass is 32.2. The summed E-state index contributed by atoms with van der Waals surface area (Å²) in [4.78, 5) is 28.1. The highest BCUT2D eigenvalue weighted by Crippen LogP contribution is 2.40. The number of aliphatic hydroxyl groups is 1. The first kappa shape index (κ1) is 21.9. The lowest BCUT2D eigenvalue weighted by atomic mass is 10.0. The number of anilines is 1. The van der Waals surface area contributed by atoms with Crippen molar-refractivity contribution < 1.29 is 24.2 Å². The number of imide groups is 1. The van der Waals surface area contributed by atoms with Gasteiger partial charge in [0.25, 0.3) is 11.8 Å². The molecule has 0 unspecified atom stereocenters. The van der Waals surface area contributed by atoms with E-state index in [4.69, 9.17) is 9.47 Å². The zero-order valence-corrected chi connectivity index (χ0v) is 18.1. The Morgan fingerprint density at radius 1 is 0.933 bits per heavy atom. The maximum Gasteiger partial charge on any atom is 0.272 e. The van der Waals surface area contributed by atoms with E-state index in [1.165, 1.54) is 11.8 Å². The van der Waals surface area contributed by atoms with E-state index < -0.39 is 11.8 Å². The van der Waals surface area contributed by atoms with Gasteiger partial charge in [0.2, 0.25) is 0 Å². The molecule has 2 aromatic carbocycles. The largest absolute Gasteiger partial charge is 0.490 e. The van der Waals surface area contributed by atoms with Crippen molar-refractivity contribution >= 4 is 34.8 Å². The highest BCUT2D eigenvalue weighted by molar-refractivity contribution is 8.04. The second-order valence-electron chi connectivity index (χ2n) is 6.58. The molecule has 0 saturated heterocycles. The fourth-order valence-corrected chi connectivity index (χ4v) is 4.04. The molecule has 6 nitrogen and oxygen atoms in total. The van der Waals surface area contributed by atoms with Gasteiger partial charge in [0.05, 0.1) is 36.0 Å². The van der Waals surface area contributed by atoms with Crippen molar-refractivity contribution in [2.75, 3.05) is 30.5 Å². The third-order valence-electron chi connectivity index (χ3n) is 4.50. The van der Waals surface area contributed by atoms with E-state index in [0.29, 0.717) is 52.2 Å². The first-order valence-corrected chi connectivity index (χ1v) is 10.8. The average Bonchev–Trinajstić information content (AvgIpc) is 2.98. The summed E-state index contributed by atoms with van der Waals surface area (Å²) in [5.74, 6) is 0.566. The molecule has 158 valence electrons. The zero-order chi connectivity index (χ0) is 21.7. The molecule has 3 rings (SSSR count). The molecular formula is C23H25NO5S. The molecule has 1 aliphatic rings. The van der Waals surface area contributed by atoms with Gasteiger partial charge < -0.3 is 14.6 Å². The van der Waals surface area contributed by atoms with Crippen LogP contribution in [0.15, 0.2) is 47.4 Å². The Kier molecular flexibility index (Phi) is 7.18. The molecule has 7 heteroatoms. The minimum absolute atomic E-state index is 0.0889. The van der Waals surface area contributed by atoms with Crippen LogP contribution in [-0.2, 0) is 9.59 Å². The molecule has 0 aliphatic carbocycles. The zero-order valence-electron chi connectivity index (χ0n) is 17.3. The number of aliphatic hydroxyl groups excluding tert-OH is 1. The summed E-state index contributed by atoms with van der Waals surface area (Å²) in [7, 11) is 0. The maximum atomic E-state index is 13.4. The van der Waals surface area contributed by atoms with Crippen molar-refractivity contribution in [3.8, 4) is 11.5 Å². The molecule has 0 spiro atoms. The van der Waals surface area contributed by atoms with Crippen LogP contribution in [0.25, 0.3) is 5.57 Å². The predicted octanol–water partition coefficient (Wildman–Crippen LogP) is 3.80. The molecule has 2 amide bonds. The van der Waals surface area contributed by atoms with Gasteiger partial charge in [0, 0.05) is 11.8 Å². The molecule has 0 saturated carbocycles. The third-order valence-corrected chi connectivity index (χ3v) is 5.56. The van der Waals surface area contributed by atoms with Crippen LogP contribution >= 0.6 is 11.8 Å². The monoisotopic (exact) mass is 427 g/mol. The molecule has 0 fully saturated rings. The molecule has 1 heterocycles. The first-order chi connectivity index (χ1) is 14.5. The number of hydrogen-bond donors (Lipinski definition) is 1. The standard InChI is InChI=1S/C23H25NO5S/c1-4-28-18-11-10-17(14-19(18)29-5-2)24-22(26)20(16-8-6-15(3)7-9-16)21(23(24)27)30-13-12-25/h6-11,14,25H,4-5,12-13H2,1-3H3. The summed E-state index contributed by atoms with van der Waals surface area (Å²) in [6.45, 7) is 6.50. The molecule has 0 atom stereocenters. The summed E-state index contributed by atoms with van der Waals surface area (Å²) in [6.07, 6.45) is 0. The smallest absolute Gasteiger partial charge is 0.272 e. The molecule has 1 N–H and O–H groups in total. The Morgan fingerprint density at radius 3 is 2.23 bits per heavy atom. The maximum absolute atomic E-state index is 13.4. The average molecular weight is 428 g/mol. The van der Waals surface area contributed by atoms with E-state index in [1.54, 1.807) is 18.2 Å². The van der Waals surface area contributed by atoms with Crippen molar-refractivity contribution in [1.82, 2.24) is 0 Å². The van der Waals surface area contributed by atoms with Gasteiger partial charge in [0.1, 0.15) is 0 Å². The van der Waals surface area contributed by atoms with Gasteiger partial charge in [-0.3, -0.25) is 9.59 Å². The van der Waals surface area contributed by atoms with E-state index >= 15 is 0 Å². The Labute approximate surface area is 180 Å². The second kappa shape index (κ2) is 9.82. The van der Waals surface area contributed by atoms with Gasteiger partial charge in [-0.2, -0.15) is 0 Å². The van der Waals surface area contributed by atoms with Gasteiger partial charge >= 0.3 is 0 Å². The van der Waals surface area contributed by atoms with Crippen LogP contribution in [0.2, 0.25) is 0 Å². The molecule has 2 aromatic rings. The predicted molar refractivity (Wildman–Crippen MR) is 119 cm³/mol. The Balaban J connectivity index is 2.04. The van der Waals surface area contributed by atoms with Crippen molar-refractivity contribution in [1.29, 1.82) is 0 Å². The number of aryl methyl sites for hydroxylation is 1. The summed E-state index contributed by atoms with van der Waals surface area (Å²) < 4.78 is 11.2. The lowest BCUT2D eigenvalue weighted by Gasteiger charge is -2.18. The van der Waals surface area contributed by atoms with Crippen LogP contribution in [0.4, 0.5) is 5.69 Å². The van der Waals surface area contributed by atoms with Crippen LogP contribution in [0.5, 0.6) is 11.5 Å². The van der Waals surface area contributed by atoms with E-state index in [-0.39, 0.29) is 6.61 Å². The summed E-state index contributed by atoms with van der Waals surface area (Å²) in [5.41, 5.74) is 2.51. The lowest BCUT2D eigenvalue weighted by molar-refractivity contribution is -0.119. The van der Waals surface area contributed by atoms with E-state index in [1.807, 2.05) is 45.0 Å². The highest BCUT2D eigenvalue weighted by Gasteiger charge is 2.40. The van der Waals surface area contributed by atoms with Gasteiger partial charge in [-0.25, -0.2) is 4.90 Å². The lowest BCUT2D eigenvalue weighted by Crippen LogP contribution is -2.31. The number of amides is 2. The second-order valence-corrected chi connectivity index (χ2v) is 7.69. The summed E-state index contributed by atoms with van der Waals surface area (Å²) in [5, 5.41) is 9.25. The van der Waals surface area contributed by atoms with Crippen molar-refractivity contribution in [2.45, 2.75) is 20.8 Å². The van der Waals surface area contributed by atoms with Crippen LogP contribution in [0.1, 0.15) is 25.0 Å². The van der Waals surface area contributed by atoms with E-state index in [0.717, 1.165) is 10.5 Å². The number of benzene rings is 2. The number of carbonyl (C=O) groups excluding carboxylic acids is 2. The Bertz CT molecular complexity index is 968. The molecule has 0 aromatic heterocycles. The van der Waals surface area contributed by atoms with Crippen molar-refractivity contribution in [2.24, 2.45) is 0 Å². The molecule has 30 heavy (non-hydrogen) atoms.